The molecular weight excluding hydrogens is 295 g/mol. The summed E-state index contributed by atoms with van der Waals surface area (Å²) in [5.41, 5.74) is 0.263. The van der Waals surface area contributed by atoms with E-state index in [0.29, 0.717) is 5.92 Å². The van der Waals surface area contributed by atoms with Crippen molar-refractivity contribution >= 4 is 17.5 Å². The van der Waals surface area contributed by atoms with Gasteiger partial charge in [-0.1, -0.05) is 31.9 Å². The normalized spacial score (nSPS) is 28.0. The van der Waals surface area contributed by atoms with E-state index in [0.717, 1.165) is 19.3 Å². The molecule has 1 aromatic rings. The van der Waals surface area contributed by atoms with E-state index in [2.05, 4.69) is 12.2 Å². The zero-order valence-electron chi connectivity index (χ0n) is 13.4. The van der Waals surface area contributed by atoms with Gasteiger partial charge in [0.05, 0.1) is 11.6 Å². The lowest BCUT2D eigenvalue weighted by Crippen LogP contribution is -2.44. The molecule has 0 aromatic heterocycles. The van der Waals surface area contributed by atoms with Gasteiger partial charge in [-0.05, 0) is 30.9 Å². The number of anilines is 1. The summed E-state index contributed by atoms with van der Waals surface area (Å²) in [6.07, 6.45) is 4.65. The minimum atomic E-state index is -0.428. The predicted molar refractivity (Wildman–Crippen MR) is 86.4 cm³/mol. The Morgan fingerprint density at radius 3 is 2.74 bits per heavy atom. The van der Waals surface area contributed by atoms with Crippen molar-refractivity contribution in [2.45, 2.75) is 45.1 Å². The zero-order chi connectivity index (χ0) is 16.4. The summed E-state index contributed by atoms with van der Waals surface area (Å²) in [5.74, 6) is -0.602. The Bertz CT molecular complexity index is 604. The first-order valence-corrected chi connectivity index (χ1v) is 8.41. The average Bonchev–Trinajstić information content (AvgIpc) is 2.92. The minimum absolute atomic E-state index is 0.0732. The van der Waals surface area contributed by atoms with Gasteiger partial charge in [0.2, 0.25) is 11.8 Å². The third-order valence-electron chi connectivity index (χ3n) is 5.08. The molecule has 1 saturated heterocycles. The van der Waals surface area contributed by atoms with Crippen LogP contribution in [-0.4, -0.2) is 24.4 Å². The maximum absolute atomic E-state index is 13.9. The molecule has 1 saturated carbocycles. The number of nitrogens with zero attached hydrogens (tertiary/aromatic N) is 1. The van der Waals surface area contributed by atoms with Crippen molar-refractivity contribution in [2.75, 3.05) is 11.4 Å². The van der Waals surface area contributed by atoms with Crippen molar-refractivity contribution in [2.24, 2.45) is 11.8 Å². The van der Waals surface area contributed by atoms with Crippen LogP contribution in [-0.2, 0) is 9.59 Å². The Labute approximate surface area is 136 Å². The summed E-state index contributed by atoms with van der Waals surface area (Å²) in [4.78, 5) is 26.1. The molecule has 0 spiro atoms. The van der Waals surface area contributed by atoms with Crippen molar-refractivity contribution in [3.05, 3.63) is 30.1 Å². The fourth-order valence-electron chi connectivity index (χ4n) is 3.62. The van der Waals surface area contributed by atoms with Gasteiger partial charge in [-0.25, -0.2) is 4.39 Å². The number of carbonyl (C=O) groups is 2. The molecule has 124 valence electrons. The Morgan fingerprint density at radius 2 is 2.00 bits per heavy atom. The van der Waals surface area contributed by atoms with Crippen molar-refractivity contribution < 1.29 is 14.0 Å². The van der Waals surface area contributed by atoms with Crippen LogP contribution in [0.4, 0.5) is 10.1 Å². The van der Waals surface area contributed by atoms with E-state index in [4.69, 9.17) is 0 Å². The highest BCUT2D eigenvalue weighted by atomic mass is 19.1. The van der Waals surface area contributed by atoms with Gasteiger partial charge in [0, 0.05) is 19.0 Å². The number of benzene rings is 1. The summed E-state index contributed by atoms with van der Waals surface area (Å²) in [6.45, 7) is 2.42. The van der Waals surface area contributed by atoms with Crippen LogP contribution >= 0.6 is 0 Å². The number of amides is 2. The van der Waals surface area contributed by atoms with Gasteiger partial charge in [-0.15, -0.1) is 0 Å². The third-order valence-corrected chi connectivity index (χ3v) is 5.08. The summed E-state index contributed by atoms with van der Waals surface area (Å²) in [6, 6.07) is 6.40. The SMILES string of the molecule is C[C@@H]1CCCC[C@@H]1NC(=O)[C@@H]1CC(=O)N(c2ccccc2F)C1. The quantitative estimate of drug-likeness (QED) is 0.931. The minimum Gasteiger partial charge on any atom is -0.353 e. The first-order valence-electron chi connectivity index (χ1n) is 8.41. The maximum atomic E-state index is 13.9. The second-order valence-corrected chi connectivity index (χ2v) is 6.73. The highest BCUT2D eigenvalue weighted by Gasteiger charge is 2.37. The monoisotopic (exact) mass is 318 g/mol. The van der Waals surface area contributed by atoms with E-state index in [1.807, 2.05) is 0 Å². The molecule has 1 aliphatic heterocycles. The number of carbonyl (C=O) groups excluding carboxylic acids is 2. The van der Waals surface area contributed by atoms with E-state index >= 15 is 0 Å². The van der Waals surface area contributed by atoms with E-state index in [9.17, 15) is 14.0 Å². The van der Waals surface area contributed by atoms with E-state index in [1.54, 1.807) is 18.2 Å². The van der Waals surface area contributed by atoms with Gasteiger partial charge in [0.1, 0.15) is 5.82 Å². The molecule has 3 rings (SSSR count). The fourth-order valence-corrected chi connectivity index (χ4v) is 3.62. The average molecular weight is 318 g/mol. The maximum Gasteiger partial charge on any atom is 0.227 e. The molecule has 4 nitrogen and oxygen atoms in total. The second kappa shape index (κ2) is 6.69. The van der Waals surface area contributed by atoms with Gasteiger partial charge in [0.25, 0.3) is 0 Å². The summed E-state index contributed by atoms with van der Waals surface area (Å²) < 4.78 is 13.9. The van der Waals surface area contributed by atoms with Gasteiger partial charge in [0.15, 0.2) is 0 Å². The molecule has 5 heteroatoms. The van der Waals surface area contributed by atoms with Crippen molar-refractivity contribution in [3.8, 4) is 0 Å². The van der Waals surface area contributed by atoms with Crippen LogP contribution in [0.15, 0.2) is 24.3 Å². The molecule has 0 unspecified atom stereocenters. The van der Waals surface area contributed by atoms with Crippen molar-refractivity contribution in [1.29, 1.82) is 0 Å². The molecule has 1 aromatic carbocycles. The summed E-state index contributed by atoms with van der Waals surface area (Å²) >= 11 is 0. The number of hydrogen-bond acceptors (Lipinski definition) is 2. The van der Waals surface area contributed by atoms with Crippen LogP contribution < -0.4 is 10.2 Å². The summed E-state index contributed by atoms with van der Waals surface area (Å²) in [7, 11) is 0. The number of para-hydroxylation sites is 1. The fraction of sp³-hybridized carbons (Fsp3) is 0.556. The van der Waals surface area contributed by atoms with Gasteiger partial charge >= 0.3 is 0 Å². The molecule has 2 aliphatic rings. The third kappa shape index (κ3) is 3.38. The zero-order valence-corrected chi connectivity index (χ0v) is 13.4. The van der Waals surface area contributed by atoms with Crippen LogP contribution in [0, 0.1) is 17.7 Å². The largest absolute Gasteiger partial charge is 0.353 e. The van der Waals surface area contributed by atoms with E-state index in [-0.39, 0.29) is 36.5 Å². The second-order valence-electron chi connectivity index (χ2n) is 6.73. The van der Waals surface area contributed by atoms with Crippen molar-refractivity contribution in [3.63, 3.8) is 0 Å². The Morgan fingerprint density at radius 1 is 1.26 bits per heavy atom. The first kappa shape index (κ1) is 16.0. The molecule has 2 amide bonds. The highest BCUT2D eigenvalue weighted by molar-refractivity contribution is 6.00. The summed E-state index contributed by atoms with van der Waals surface area (Å²) in [5, 5.41) is 3.11. The van der Waals surface area contributed by atoms with Crippen molar-refractivity contribution in [1.82, 2.24) is 5.32 Å². The molecule has 23 heavy (non-hydrogen) atoms. The topological polar surface area (TPSA) is 49.4 Å². The van der Waals surface area contributed by atoms with Crippen LogP contribution in [0.5, 0.6) is 0 Å². The lowest BCUT2D eigenvalue weighted by atomic mass is 9.85. The van der Waals surface area contributed by atoms with Crippen LogP contribution in [0.25, 0.3) is 0 Å². The number of nitrogens with one attached hydrogen (secondary N) is 1. The Kier molecular flexibility index (Phi) is 4.64. The van der Waals surface area contributed by atoms with E-state index < -0.39 is 11.7 Å². The molecule has 1 aliphatic carbocycles. The molecule has 1 N–H and O–H groups in total. The highest BCUT2D eigenvalue weighted by Crippen LogP contribution is 2.28. The van der Waals surface area contributed by atoms with Crippen LogP contribution in [0.2, 0.25) is 0 Å². The molecule has 0 radical (unpaired) electrons. The van der Waals surface area contributed by atoms with Gasteiger partial charge in [-0.3, -0.25) is 9.59 Å². The lowest BCUT2D eigenvalue weighted by molar-refractivity contribution is -0.127. The first-order chi connectivity index (χ1) is 11.1. The molecule has 3 atom stereocenters. The van der Waals surface area contributed by atoms with Crippen LogP contribution in [0.1, 0.15) is 39.0 Å². The predicted octanol–water partition coefficient (Wildman–Crippen LogP) is 2.87. The smallest absolute Gasteiger partial charge is 0.227 e. The standard InChI is InChI=1S/C18H23FN2O2/c1-12-6-2-4-8-15(12)20-18(23)13-10-17(22)21(11-13)16-9-5-3-7-14(16)19/h3,5,7,9,12-13,15H,2,4,6,8,10-11H2,1H3,(H,20,23)/t12-,13-,15+/m1/s1. The Balaban J connectivity index is 1.65. The number of hydrogen-bond donors (Lipinski definition) is 1. The molecule has 2 fully saturated rings. The number of halogens is 1. The van der Waals surface area contributed by atoms with Gasteiger partial charge in [-0.2, -0.15) is 0 Å². The molecular formula is C18H23FN2O2. The number of rotatable bonds is 3. The molecule has 1 heterocycles. The Hall–Kier alpha value is -1.91. The van der Waals surface area contributed by atoms with E-state index in [1.165, 1.54) is 17.4 Å². The van der Waals surface area contributed by atoms with Gasteiger partial charge < -0.3 is 10.2 Å². The molecule has 0 bridgehead atoms. The lowest BCUT2D eigenvalue weighted by Gasteiger charge is -2.30. The van der Waals surface area contributed by atoms with Crippen LogP contribution in [0.3, 0.4) is 0 Å².